The molecule has 0 saturated carbocycles. The lowest BCUT2D eigenvalue weighted by atomic mass is 10.3. The molecule has 0 unspecified atom stereocenters. The Labute approximate surface area is 110 Å². The number of primary amides is 1. The number of nitrogens with two attached hydrogens (primary N) is 1. The summed E-state index contributed by atoms with van der Waals surface area (Å²) in [4.78, 5) is 11.6. The number of rotatable bonds is 7. The Morgan fingerprint density at radius 1 is 1.53 bits per heavy atom. The smallest absolute Gasteiger partial charge is 0.338 e. The van der Waals surface area contributed by atoms with Gasteiger partial charge in [-0.25, -0.2) is 9.86 Å². The third kappa shape index (κ3) is 5.43. The van der Waals surface area contributed by atoms with Crippen LogP contribution in [0, 0.1) is 0 Å². The molecule has 0 spiro atoms. The van der Waals surface area contributed by atoms with Gasteiger partial charge in [0.1, 0.15) is 0 Å². The zero-order chi connectivity index (χ0) is 12.7. The largest absolute Gasteiger partial charge is 0.350 e. The van der Waals surface area contributed by atoms with Crippen LogP contribution < -0.4 is 5.73 Å². The number of nitrogens with zero attached hydrogens (tertiary/aromatic N) is 1. The lowest BCUT2D eigenvalue weighted by molar-refractivity contribution is -0.0462. The number of hydroxylamine groups is 2. The van der Waals surface area contributed by atoms with Crippen LogP contribution in [0.3, 0.4) is 0 Å². The second-order valence-corrected chi connectivity index (χ2v) is 6.24. The van der Waals surface area contributed by atoms with E-state index in [1.165, 1.54) is 23.5 Å². The van der Waals surface area contributed by atoms with Crippen LogP contribution in [0.1, 0.15) is 31.1 Å². The fraction of sp³-hybridized carbons (Fsp3) is 0.545. The van der Waals surface area contributed by atoms with Crippen molar-refractivity contribution in [1.82, 2.24) is 5.06 Å². The molecule has 0 radical (unpaired) electrons. The minimum Gasteiger partial charge on any atom is -0.350 e. The number of hydrogen-bond acceptors (Lipinski definition) is 4. The van der Waals surface area contributed by atoms with Crippen LogP contribution in [0.2, 0.25) is 0 Å². The summed E-state index contributed by atoms with van der Waals surface area (Å²) in [6.45, 7) is 2.35. The quantitative estimate of drug-likeness (QED) is 0.347. The van der Waals surface area contributed by atoms with Crippen molar-refractivity contribution in [3.63, 3.8) is 0 Å². The Morgan fingerprint density at radius 2 is 2.29 bits per heavy atom. The van der Waals surface area contributed by atoms with E-state index in [1.54, 1.807) is 11.3 Å². The highest BCUT2D eigenvalue weighted by Gasteiger charge is 2.08. The summed E-state index contributed by atoms with van der Waals surface area (Å²) in [5.41, 5.74) is 4.94. The number of hydrogen-bond donors (Lipinski definition) is 2. The van der Waals surface area contributed by atoms with Crippen LogP contribution in [0.15, 0.2) is 16.3 Å². The highest BCUT2D eigenvalue weighted by atomic mass is 32.2. The first kappa shape index (κ1) is 14.3. The molecule has 3 N–H and O–H groups in total. The molecule has 1 rings (SSSR count). The molecule has 1 aromatic rings. The number of thioether (sulfide) groups is 1. The second kappa shape index (κ2) is 7.58. The average molecular weight is 274 g/mol. The fourth-order valence-electron chi connectivity index (χ4n) is 1.27. The van der Waals surface area contributed by atoms with Gasteiger partial charge in [-0.15, -0.1) is 23.1 Å². The van der Waals surface area contributed by atoms with Crippen LogP contribution in [-0.4, -0.2) is 22.1 Å². The summed E-state index contributed by atoms with van der Waals surface area (Å²) < 4.78 is 1.22. The predicted molar refractivity (Wildman–Crippen MR) is 71.5 cm³/mol. The van der Waals surface area contributed by atoms with Crippen molar-refractivity contribution in [1.29, 1.82) is 0 Å². The van der Waals surface area contributed by atoms with E-state index in [0.29, 0.717) is 5.06 Å². The molecule has 2 amide bonds. The standard InChI is InChI=1S/C11H18N2O2S2/c1-2-3-4-7-16-10-6-5-9(17-10)8-13(15)11(12)14/h5-6,15H,2-4,7-8H2,1H3,(H2,12,14). The number of unbranched alkanes of at least 4 members (excludes halogenated alkanes) is 2. The van der Waals surface area contributed by atoms with Crippen molar-refractivity contribution in [2.75, 3.05) is 5.75 Å². The van der Waals surface area contributed by atoms with Crippen LogP contribution in [0.25, 0.3) is 0 Å². The maximum atomic E-state index is 10.7. The minimum atomic E-state index is -0.824. The summed E-state index contributed by atoms with van der Waals surface area (Å²) in [5, 5.41) is 9.72. The fourth-order valence-corrected chi connectivity index (χ4v) is 3.51. The zero-order valence-electron chi connectivity index (χ0n) is 9.89. The molecule has 6 heteroatoms. The molecule has 0 atom stereocenters. The molecule has 1 aromatic heterocycles. The van der Waals surface area contributed by atoms with Crippen LogP contribution in [0.4, 0.5) is 4.79 Å². The van der Waals surface area contributed by atoms with Crippen molar-refractivity contribution < 1.29 is 10.0 Å². The number of carbonyl (C=O) groups is 1. The summed E-state index contributed by atoms with van der Waals surface area (Å²) in [6, 6.07) is 3.11. The molecule has 0 aliphatic rings. The first-order chi connectivity index (χ1) is 8.13. The first-order valence-corrected chi connectivity index (χ1v) is 7.41. The molecule has 0 saturated heterocycles. The lowest BCUT2D eigenvalue weighted by Crippen LogP contribution is -2.31. The highest BCUT2D eigenvalue weighted by Crippen LogP contribution is 2.28. The van der Waals surface area contributed by atoms with Gasteiger partial charge in [0.15, 0.2) is 0 Å². The van der Waals surface area contributed by atoms with Crippen molar-refractivity contribution in [3.05, 3.63) is 17.0 Å². The summed E-state index contributed by atoms with van der Waals surface area (Å²) >= 11 is 3.41. The Kier molecular flexibility index (Phi) is 6.39. The van der Waals surface area contributed by atoms with Crippen molar-refractivity contribution in [2.24, 2.45) is 5.73 Å². The van der Waals surface area contributed by atoms with Gasteiger partial charge in [0.2, 0.25) is 0 Å². The van der Waals surface area contributed by atoms with Gasteiger partial charge < -0.3 is 5.73 Å². The number of amides is 2. The van der Waals surface area contributed by atoms with Gasteiger partial charge in [-0.3, -0.25) is 5.21 Å². The van der Waals surface area contributed by atoms with Crippen molar-refractivity contribution in [3.8, 4) is 0 Å². The van der Waals surface area contributed by atoms with E-state index in [4.69, 9.17) is 5.73 Å². The maximum absolute atomic E-state index is 10.7. The number of urea groups is 1. The van der Waals surface area contributed by atoms with Gasteiger partial charge in [0.25, 0.3) is 0 Å². The summed E-state index contributed by atoms with van der Waals surface area (Å²) in [7, 11) is 0. The van der Waals surface area contributed by atoms with Gasteiger partial charge >= 0.3 is 6.03 Å². The SMILES string of the molecule is CCCCCSc1ccc(CN(O)C(N)=O)s1. The number of carbonyl (C=O) groups excluding carboxylic acids is 1. The molecular weight excluding hydrogens is 256 g/mol. The molecule has 4 nitrogen and oxygen atoms in total. The van der Waals surface area contributed by atoms with E-state index in [1.807, 2.05) is 23.9 Å². The molecule has 0 fully saturated rings. The molecule has 0 aliphatic carbocycles. The van der Waals surface area contributed by atoms with E-state index in [0.717, 1.165) is 10.6 Å². The van der Waals surface area contributed by atoms with E-state index in [2.05, 4.69) is 6.92 Å². The molecule has 1 heterocycles. The molecule has 0 aromatic carbocycles. The minimum absolute atomic E-state index is 0.162. The van der Waals surface area contributed by atoms with Gasteiger partial charge in [0.05, 0.1) is 10.8 Å². The molecular formula is C11H18N2O2S2. The lowest BCUT2D eigenvalue weighted by Gasteiger charge is -2.09. The third-order valence-corrected chi connectivity index (χ3v) is 4.57. The monoisotopic (exact) mass is 274 g/mol. The average Bonchev–Trinajstić information content (AvgIpc) is 2.72. The normalized spacial score (nSPS) is 10.5. The van der Waals surface area contributed by atoms with E-state index < -0.39 is 6.03 Å². The Hall–Kier alpha value is -0.720. The van der Waals surface area contributed by atoms with Gasteiger partial charge in [-0.2, -0.15) is 0 Å². The highest BCUT2D eigenvalue weighted by molar-refractivity contribution is 8.01. The van der Waals surface area contributed by atoms with Gasteiger partial charge in [-0.05, 0) is 24.3 Å². The van der Waals surface area contributed by atoms with Gasteiger partial charge in [-0.1, -0.05) is 19.8 Å². The van der Waals surface area contributed by atoms with Crippen LogP contribution in [0.5, 0.6) is 0 Å². The molecule has 0 aliphatic heterocycles. The Morgan fingerprint density at radius 3 is 2.94 bits per heavy atom. The Bertz CT molecular complexity index is 355. The van der Waals surface area contributed by atoms with Crippen molar-refractivity contribution >= 4 is 29.1 Å². The topological polar surface area (TPSA) is 66.6 Å². The summed E-state index contributed by atoms with van der Waals surface area (Å²) in [5.74, 6) is 1.12. The maximum Gasteiger partial charge on any atom is 0.338 e. The molecule has 0 bridgehead atoms. The van der Waals surface area contributed by atoms with Crippen LogP contribution in [-0.2, 0) is 6.54 Å². The second-order valence-electron chi connectivity index (χ2n) is 3.67. The summed E-state index contributed by atoms with van der Waals surface area (Å²) in [6.07, 6.45) is 3.72. The van der Waals surface area contributed by atoms with Gasteiger partial charge in [0, 0.05) is 4.88 Å². The zero-order valence-corrected chi connectivity index (χ0v) is 11.5. The predicted octanol–water partition coefficient (Wildman–Crippen LogP) is 3.30. The molecule has 96 valence electrons. The van der Waals surface area contributed by atoms with Crippen molar-refractivity contribution in [2.45, 2.75) is 36.9 Å². The van der Waals surface area contributed by atoms with E-state index in [9.17, 15) is 10.0 Å². The number of thiophene rings is 1. The third-order valence-electron chi connectivity index (χ3n) is 2.19. The van der Waals surface area contributed by atoms with Crippen LogP contribution >= 0.6 is 23.1 Å². The first-order valence-electron chi connectivity index (χ1n) is 5.61. The van der Waals surface area contributed by atoms with E-state index >= 15 is 0 Å². The van der Waals surface area contributed by atoms with E-state index in [-0.39, 0.29) is 6.54 Å². The Balaban J connectivity index is 2.34. The molecule has 17 heavy (non-hydrogen) atoms.